The molecule has 1 atom stereocenters. The van der Waals surface area contributed by atoms with Crippen LogP contribution in [0.3, 0.4) is 0 Å². The van der Waals surface area contributed by atoms with Crippen molar-refractivity contribution < 1.29 is 14.3 Å². The Hall–Kier alpha value is -2.62. The summed E-state index contributed by atoms with van der Waals surface area (Å²) in [6.45, 7) is 2.27. The van der Waals surface area contributed by atoms with Crippen LogP contribution in [-0.2, 0) is 20.7 Å². The third-order valence-corrected chi connectivity index (χ3v) is 3.78. The minimum absolute atomic E-state index is 0.0693. The van der Waals surface area contributed by atoms with E-state index >= 15 is 0 Å². The summed E-state index contributed by atoms with van der Waals surface area (Å²) in [4.78, 5) is 23.5. The number of ether oxygens (including phenoxy) is 1. The van der Waals surface area contributed by atoms with Crippen LogP contribution < -0.4 is 5.32 Å². The van der Waals surface area contributed by atoms with Gasteiger partial charge in [0.2, 0.25) is 0 Å². The second kappa shape index (κ2) is 9.50. The highest BCUT2D eigenvalue weighted by atomic mass is 16.5. The highest BCUT2D eigenvalue weighted by Gasteiger charge is 2.13. The molecule has 0 aliphatic carbocycles. The van der Waals surface area contributed by atoms with Crippen molar-refractivity contribution in [2.45, 2.75) is 25.7 Å². The Morgan fingerprint density at radius 2 is 1.62 bits per heavy atom. The molecule has 24 heavy (non-hydrogen) atoms. The third-order valence-electron chi connectivity index (χ3n) is 3.78. The van der Waals surface area contributed by atoms with E-state index in [1.807, 2.05) is 67.6 Å². The lowest BCUT2D eigenvalue weighted by Crippen LogP contribution is -2.30. The number of amides is 1. The van der Waals surface area contributed by atoms with Gasteiger partial charge in [-0.25, -0.2) is 0 Å². The van der Waals surface area contributed by atoms with Crippen LogP contribution in [0, 0.1) is 0 Å². The molecule has 0 aromatic heterocycles. The molecule has 1 amide bonds. The van der Waals surface area contributed by atoms with Gasteiger partial charge in [0, 0.05) is 6.54 Å². The first-order valence-electron chi connectivity index (χ1n) is 8.16. The van der Waals surface area contributed by atoms with Crippen LogP contribution in [0.2, 0.25) is 0 Å². The highest BCUT2D eigenvalue weighted by molar-refractivity contribution is 5.80. The van der Waals surface area contributed by atoms with E-state index in [0.29, 0.717) is 6.54 Å². The first kappa shape index (κ1) is 17.7. The van der Waals surface area contributed by atoms with Gasteiger partial charge in [0.25, 0.3) is 5.91 Å². The van der Waals surface area contributed by atoms with Gasteiger partial charge in [-0.3, -0.25) is 9.59 Å². The number of carbonyl (C=O) groups excluding carboxylic acids is 2. The highest BCUT2D eigenvalue weighted by Crippen LogP contribution is 2.18. The summed E-state index contributed by atoms with van der Waals surface area (Å²) in [6, 6.07) is 19.7. The second-order valence-corrected chi connectivity index (χ2v) is 5.76. The lowest BCUT2D eigenvalue weighted by atomic mass is 9.98. The van der Waals surface area contributed by atoms with Gasteiger partial charge in [0.15, 0.2) is 6.61 Å². The molecule has 0 saturated carbocycles. The summed E-state index contributed by atoms with van der Waals surface area (Å²) in [7, 11) is 0. The average Bonchev–Trinajstić information content (AvgIpc) is 2.61. The number of hydrogen-bond donors (Lipinski definition) is 1. The minimum Gasteiger partial charge on any atom is -0.456 e. The van der Waals surface area contributed by atoms with Gasteiger partial charge in [-0.05, 0) is 23.5 Å². The van der Waals surface area contributed by atoms with Crippen molar-refractivity contribution >= 4 is 11.9 Å². The topological polar surface area (TPSA) is 55.4 Å². The smallest absolute Gasteiger partial charge is 0.306 e. The number of benzene rings is 2. The molecule has 4 heteroatoms. The maximum atomic E-state index is 11.8. The normalized spacial score (nSPS) is 11.5. The number of esters is 1. The molecule has 1 N–H and O–H groups in total. The standard InChI is InChI=1S/C20H23NO3/c1-16(18-10-6-3-7-11-18)14-20(23)24-15-19(22)21-13-12-17-8-4-2-5-9-17/h2-11,16H,12-15H2,1H3,(H,21,22)/t16-/m0/s1. The summed E-state index contributed by atoms with van der Waals surface area (Å²) < 4.78 is 5.05. The van der Waals surface area contributed by atoms with Crippen molar-refractivity contribution in [2.75, 3.05) is 13.2 Å². The molecule has 0 aliphatic heterocycles. The first-order chi connectivity index (χ1) is 11.6. The molecule has 0 bridgehead atoms. The zero-order chi connectivity index (χ0) is 17.2. The van der Waals surface area contributed by atoms with E-state index in [1.165, 1.54) is 0 Å². The van der Waals surface area contributed by atoms with E-state index in [-0.39, 0.29) is 30.8 Å². The molecule has 4 nitrogen and oxygen atoms in total. The zero-order valence-electron chi connectivity index (χ0n) is 13.9. The van der Waals surface area contributed by atoms with E-state index in [4.69, 9.17) is 4.74 Å². The summed E-state index contributed by atoms with van der Waals surface area (Å²) >= 11 is 0. The lowest BCUT2D eigenvalue weighted by Gasteiger charge is -2.11. The number of nitrogens with one attached hydrogen (secondary N) is 1. The van der Waals surface area contributed by atoms with Crippen LogP contribution in [0.25, 0.3) is 0 Å². The Labute approximate surface area is 142 Å². The van der Waals surface area contributed by atoms with E-state index in [9.17, 15) is 9.59 Å². The molecule has 0 spiro atoms. The van der Waals surface area contributed by atoms with E-state index < -0.39 is 0 Å². The van der Waals surface area contributed by atoms with Crippen LogP contribution in [0.4, 0.5) is 0 Å². The van der Waals surface area contributed by atoms with E-state index in [1.54, 1.807) is 0 Å². The van der Waals surface area contributed by atoms with Gasteiger partial charge in [0.05, 0.1) is 6.42 Å². The maximum absolute atomic E-state index is 11.8. The number of carbonyl (C=O) groups is 2. The minimum atomic E-state index is -0.357. The molecule has 0 fully saturated rings. The lowest BCUT2D eigenvalue weighted by molar-refractivity contribution is -0.148. The Kier molecular flexibility index (Phi) is 7.02. The predicted octanol–water partition coefficient (Wildman–Crippen LogP) is 3.08. The predicted molar refractivity (Wildman–Crippen MR) is 93.6 cm³/mol. The SMILES string of the molecule is C[C@@H](CC(=O)OCC(=O)NCCc1ccccc1)c1ccccc1. The summed E-state index contributed by atoms with van der Waals surface area (Å²) in [5.41, 5.74) is 2.24. The molecular weight excluding hydrogens is 302 g/mol. The summed E-state index contributed by atoms with van der Waals surface area (Å²) in [6.07, 6.45) is 1.02. The fourth-order valence-electron chi connectivity index (χ4n) is 2.40. The van der Waals surface area contributed by atoms with Crippen LogP contribution >= 0.6 is 0 Å². The Morgan fingerprint density at radius 3 is 2.29 bits per heavy atom. The van der Waals surface area contributed by atoms with Crippen LogP contribution in [0.15, 0.2) is 60.7 Å². The first-order valence-corrected chi connectivity index (χ1v) is 8.16. The second-order valence-electron chi connectivity index (χ2n) is 5.76. The van der Waals surface area contributed by atoms with Crippen molar-refractivity contribution in [3.05, 3.63) is 71.8 Å². The van der Waals surface area contributed by atoms with Crippen molar-refractivity contribution in [1.82, 2.24) is 5.32 Å². The Morgan fingerprint density at radius 1 is 1.00 bits per heavy atom. The average molecular weight is 325 g/mol. The molecule has 0 heterocycles. The molecule has 2 aromatic rings. The van der Waals surface area contributed by atoms with Gasteiger partial charge in [-0.2, -0.15) is 0 Å². The van der Waals surface area contributed by atoms with Gasteiger partial charge < -0.3 is 10.1 Å². The molecule has 0 saturated heterocycles. The van der Waals surface area contributed by atoms with E-state index in [2.05, 4.69) is 5.32 Å². The van der Waals surface area contributed by atoms with E-state index in [0.717, 1.165) is 17.5 Å². The molecule has 2 rings (SSSR count). The number of rotatable bonds is 8. The third kappa shape index (κ3) is 6.24. The van der Waals surface area contributed by atoms with Crippen LogP contribution in [0.1, 0.15) is 30.4 Å². The molecule has 0 aliphatic rings. The van der Waals surface area contributed by atoms with Gasteiger partial charge in [-0.1, -0.05) is 67.6 Å². The van der Waals surface area contributed by atoms with Crippen molar-refractivity contribution in [2.24, 2.45) is 0 Å². The fourth-order valence-corrected chi connectivity index (χ4v) is 2.40. The maximum Gasteiger partial charge on any atom is 0.306 e. The molecule has 0 radical (unpaired) electrons. The molecule has 0 unspecified atom stereocenters. The fraction of sp³-hybridized carbons (Fsp3) is 0.300. The summed E-state index contributed by atoms with van der Waals surface area (Å²) in [5, 5.41) is 2.76. The monoisotopic (exact) mass is 325 g/mol. The van der Waals surface area contributed by atoms with Gasteiger partial charge in [0.1, 0.15) is 0 Å². The summed E-state index contributed by atoms with van der Waals surface area (Å²) in [5.74, 6) is -0.559. The Bertz CT molecular complexity index is 640. The zero-order valence-corrected chi connectivity index (χ0v) is 13.9. The van der Waals surface area contributed by atoms with Crippen LogP contribution in [-0.4, -0.2) is 25.0 Å². The molecular formula is C20H23NO3. The molecule has 2 aromatic carbocycles. The quantitative estimate of drug-likeness (QED) is 0.759. The van der Waals surface area contributed by atoms with Gasteiger partial charge in [-0.15, -0.1) is 0 Å². The molecule has 126 valence electrons. The van der Waals surface area contributed by atoms with Crippen molar-refractivity contribution in [3.63, 3.8) is 0 Å². The Balaban J connectivity index is 1.63. The number of hydrogen-bond acceptors (Lipinski definition) is 3. The van der Waals surface area contributed by atoms with Crippen LogP contribution in [0.5, 0.6) is 0 Å². The van der Waals surface area contributed by atoms with Gasteiger partial charge >= 0.3 is 5.97 Å². The largest absolute Gasteiger partial charge is 0.456 e. The van der Waals surface area contributed by atoms with Crippen molar-refractivity contribution in [1.29, 1.82) is 0 Å². The van der Waals surface area contributed by atoms with Crippen molar-refractivity contribution in [3.8, 4) is 0 Å².